The monoisotopic (exact) mass is 201 g/mol. The molecule has 1 fully saturated rings. The van der Waals surface area contributed by atoms with Crippen LogP contribution in [0.2, 0.25) is 0 Å². The van der Waals surface area contributed by atoms with Crippen LogP contribution >= 0.6 is 0 Å². The molecule has 0 amide bonds. The van der Waals surface area contributed by atoms with Crippen LogP contribution in [0.3, 0.4) is 0 Å². The number of rotatable bonds is 5. The lowest BCUT2D eigenvalue weighted by atomic mass is 9.91. The third-order valence-corrected chi connectivity index (χ3v) is 2.63. The molecule has 4 nitrogen and oxygen atoms in total. The summed E-state index contributed by atoms with van der Waals surface area (Å²) < 4.78 is 5.36. The number of carboxylic acid groups (broad SMARTS) is 1. The molecule has 1 saturated heterocycles. The van der Waals surface area contributed by atoms with Crippen LogP contribution in [0.4, 0.5) is 0 Å². The number of carbonyl (C=O) groups is 1. The van der Waals surface area contributed by atoms with Gasteiger partial charge in [-0.05, 0) is 25.3 Å². The summed E-state index contributed by atoms with van der Waals surface area (Å²) in [6.07, 6.45) is 2.32. The van der Waals surface area contributed by atoms with Gasteiger partial charge in [-0.15, -0.1) is 0 Å². The summed E-state index contributed by atoms with van der Waals surface area (Å²) in [6, 6.07) is 0.0674. The molecule has 82 valence electrons. The molecule has 0 radical (unpaired) electrons. The molecule has 1 heterocycles. The van der Waals surface area contributed by atoms with E-state index in [1.165, 1.54) is 0 Å². The number of nitrogens with one attached hydrogen (secondary N) is 1. The Morgan fingerprint density at radius 2 is 2.50 bits per heavy atom. The van der Waals surface area contributed by atoms with Gasteiger partial charge in [-0.2, -0.15) is 0 Å². The summed E-state index contributed by atoms with van der Waals surface area (Å²) in [5, 5.41) is 12.0. The molecule has 0 bridgehead atoms. The van der Waals surface area contributed by atoms with Gasteiger partial charge in [0.2, 0.25) is 0 Å². The number of aliphatic carboxylic acids is 1. The molecule has 2 unspecified atom stereocenters. The lowest BCUT2D eigenvalue weighted by molar-refractivity contribution is -0.138. The normalized spacial score (nSPS) is 24.5. The van der Waals surface area contributed by atoms with Crippen LogP contribution in [0, 0.1) is 5.92 Å². The second-order valence-electron chi connectivity index (χ2n) is 3.74. The maximum atomic E-state index is 10.6. The molecule has 2 atom stereocenters. The summed E-state index contributed by atoms with van der Waals surface area (Å²) in [4.78, 5) is 10.6. The zero-order chi connectivity index (χ0) is 10.4. The van der Waals surface area contributed by atoms with Crippen LogP contribution in [-0.4, -0.2) is 36.9 Å². The van der Waals surface area contributed by atoms with Gasteiger partial charge in [0.05, 0.1) is 13.0 Å². The van der Waals surface area contributed by atoms with Crippen LogP contribution in [0.5, 0.6) is 0 Å². The van der Waals surface area contributed by atoms with Crippen molar-refractivity contribution in [1.82, 2.24) is 5.32 Å². The van der Waals surface area contributed by atoms with Gasteiger partial charge in [0, 0.05) is 12.6 Å². The van der Waals surface area contributed by atoms with E-state index in [9.17, 15) is 4.79 Å². The van der Waals surface area contributed by atoms with Crippen LogP contribution in [0.15, 0.2) is 0 Å². The Balaban J connectivity index is 2.42. The molecule has 0 spiro atoms. The Morgan fingerprint density at radius 1 is 1.71 bits per heavy atom. The van der Waals surface area contributed by atoms with E-state index in [1.54, 1.807) is 0 Å². The number of hydrogen-bond acceptors (Lipinski definition) is 3. The van der Waals surface area contributed by atoms with Crippen molar-refractivity contribution in [3.63, 3.8) is 0 Å². The minimum absolute atomic E-state index is 0.0674. The molecular formula is C10H19NO3. The minimum Gasteiger partial charge on any atom is -0.481 e. The Kier molecular flexibility index (Phi) is 4.90. The Morgan fingerprint density at radius 3 is 3.00 bits per heavy atom. The predicted molar refractivity (Wildman–Crippen MR) is 53.3 cm³/mol. The van der Waals surface area contributed by atoms with Gasteiger partial charge < -0.3 is 15.2 Å². The topological polar surface area (TPSA) is 58.6 Å². The molecule has 14 heavy (non-hydrogen) atoms. The van der Waals surface area contributed by atoms with E-state index in [1.807, 2.05) is 6.92 Å². The number of hydrogen-bond donors (Lipinski definition) is 2. The van der Waals surface area contributed by atoms with Crippen LogP contribution in [-0.2, 0) is 9.53 Å². The maximum absolute atomic E-state index is 10.6. The van der Waals surface area contributed by atoms with Gasteiger partial charge in [-0.25, -0.2) is 0 Å². The van der Waals surface area contributed by atoms with Gasteiger partial charge in [0.1, 0.15) is 0 Å². The molecule has 1 aliphatic rings. The second kappa shape index (κ2) is 5.98. The molecule has 0 saturated carbocycles. The van der Waals surface area contributed by atoms with Gasteiger partial charge in [0.25, 0.3) is 0 Å². The fourth-order valence-electron chi connectivity index (χ4n) is 1.94. The average Bonchev–Trinajstić information content (AvgIpc) is 2.18. The third-order valence-electron chi connectivity index (χ3n) is 2.63. The van der Waals surface area contributed by atoms with Crippen LogP contribution < -0.4 is 5.32 Å². The number of carboxylic acids is 1. The Bertz CT molecular complexity index is 178. The summed E-state index contributed by atoms with van der Waals surface area (Å²) in [5.74, 6) is -0.374. The second-order valence-corrected chi connectivity index (χ2v) is 3.74. The van der Waals surface area contributed by atoms with Gasteiger partial charge in [-0.3, -0.25) is 4.79 Å². The molecule has 4 heteroatoms. The quantitative estimate of drug-likeness (QED) is 0.693. The first-order valence-corrected chi connectivity index (χ1v) is 5.27. The lowest BCUT2D eigenvalue weighted by Gasteiger charge is -2.29. The molecule has 0 aromatic rings. The van der Waals surface area contributed by atoms with E-state index < -0.39 is 5.97 Å². The van der Waals surface area contributed by atoms with E-state index in [0.29, 0.717) is 12.5 Å². The zero-order valence-electron chi connectivity index (χ0n) is 8.66. The fourth-order valence-corrected chi connectivity index (χ4v) is 1.94. The highest BCUT2D eigenvalue weighted by Gasteiger charge is 2.25. The fraction of sp³-hybridized carbons (Fsp3) is 0.900. The first-order chi connectivity index (χ1) is 6.74. The van der Waals surface area contributed by atoms with Crippen molar-refractivity contribution in [2.45, 2.75) is 32.2 Å². The van der Waals surface area contributed by atoms with Gasteiger partial charge >= 0.3 is 5.97 Å². The van der Waals surface area contributed by atoms with E-state index in [4.69, 9.17) is 9.84 Å². The molecule has 0 aliphatic carbocycles. The van der Waals surface area contributed by atoms with Crippen LogP contribution in [0.1, 0.15) is 26.2 Å². The predicted octanol–water partition coefficient (Wildman–Crippen LogP) is 0.866. The van der Waals surface area contributed by atoms with E-state index in [0.717, 1.165) is 26.0 Å². The van der Waals surface area contributed by atoms with Gasteiger partial charge in [-0.1, -0.05) is 6.92 Å². The SMILES string of the molecule is CCNC(CC(=O)O)C1CCCOC1. The smallest absolute Gasteiger partial charge is 0.304 e. The van der Waals surface area contributed by atoms with Crippen LogP contribution in [0.25, 0.3) is 0 Å². The van der Waals surface area contributed by atoms with Crippen molar-refractivity contribution in [2.75, 3.05) is 19.8 Å². The van der Waals surface area contributed by atoms with E-state index in [2.05, 4.69) is 5.32 Å². The van der Waals surface area contributed by atoms with Crippen molar-refractivity contribution in [2.24, 2.45) is 5.92 Å². The molecule has 1 aliphatic heterocycles. The average molecular weight is 201 g/mol. The van der Waals surface area contributed by atoms with E-state index in [-0.39, 0.29) is 12.5 Å². The molecular weight excluding hydrogens is 182 g/mol. The highest BCUT2D eigenvalue weighted by molar-refractivity contribution is 5.67. The summed E-state index contributed by atoms with van der Waals surface area (Å²) in [7, 11) is 0. The van der Waals surface area contributed by atoms with Crippen molar-refractivity contribution in [3.8, 4) is 0 Å². The number of ether oxygens (including phenoxy) is 1. The minimum atomic E-state index is -0.735. The third kappa shape index (κ3) is 3.64. The van der Waals surface area contributed by atoms with Crippen molar-refractivity contribution < 1.29 is 14.6 Å². The highest BCUT2D eigenvalue weighted by Crippen LogP contribution is 2.19. The van der Waals surface area contributed by atoms with E-state index >= 15 is 0 Å². The Hall–Kier alpha value is -0.610. The first kappa shape index (κ1) is 11.5. The first-order valence-electron chi connectivity index (χ1n) is 5.27. The molecule has 1 rings (SSSR count). The lowest BCUT2D eigenvalue weighted by Crippen LogP contribution is -2.41. The summed E-state index contributed by atoms with van der Waals surface area (Å²) in [6.45, 7) is 4.33. The van der Waals surface area contributed by atoms with Crippen molar-refractivity contribution in [3.05, 3.63) is 0 Å². The van der Waals surface area contributed by atoms with Gasteiger partial charge in [0.15, 0.2) is 0 Å². The summed E-state index contributed by atoms with van der Waals surface area (Å²) >= 11 is 0. The molecule has 0 aromatic carbocycles. The van der Waals surface area contributed by atoms with Crippen molar-refractivity contribution in [1.29, 1.82) is 0 Å². The Labute approximate surface area is 84.6 Å². The highest BCUT2D eigenvalue weighted by atomic mass is 16.5. The van der Waals surface area contributed by atoms with Crippen molar-refractivity contribution >= 4 is 5.97 Å². The molecule has 0 aromatic heterocycles. The zero-order valence-corrected chi connectivity index (χ0v) is 8.66. The maximum Gasteiger partial charge on any atom is 0.304 e. The summed E-state index contributed by atoms with van der Waals surface area (Å²) in [5.41, 5.74) is 0. The standard InChI is InChI=1S/C10H19NO3/c1-2-11-9(6-10(12)13)8-4-3-5-14-7-8/h8-9,11H,2-7H2,1H3,(H,12,13). The molecule has 2 N–H and O–H groups in total. The largest absolute Gasteiger partial charge is 0.481 e.